The van der Waals surface area contributed by atoms with Crippen molar-refractivity contribution in [3.8, 4) is 0 Å². The number of hydrogen-bond donors (Lipinski definition) is 2. The molecule has 0 amide bonds. The van der Waals surface area contributed by atoms with E-state index in [0.29, 0.717) is 24.1 Å². The number of nitrogens with two attached hydrogens (primary N) is 1. The number of rotatable bonds is 2. The van der Waals surface area contributed by atoms with Crippen molar-refractivity contribution in [3.63, 3.8) is 0 Å². The van der Waals surface area contributed by atoms with E-state index in [4.69, 9.17) is 5.73 Å². The second-order valence-corrected chi connectivity index (χ2v) is 3.49. The molecule has 1 aliphatic rings. The SMILES string of the molecule is Nc1cccc(C(=O)C2(O)CC2)c1. The van der Waals surface area contributed by atoms with Gasteiger partial charge in [-0.3, -0.25) is 4.79 Å². The van der Waals surface area contributed by atoms with Crippen LogP contribution in [0.15, 0.2) is 24.3 Å². The second kappa shape index (κ2) is 2.57. The van der Waals surface area contributed by atoms with Crippen molar-refractivity contribution in [2.24, 2.45) is 0 Å². The Kier molecular flexibility index (Phi) is 1.63. The molecular formula is C10H11NO2. The standard InChI is InChI=1S/C10H11NO2/c11-8-3-1-2-7(6-8)9(12)10(13)4-5-10/h1-3,6,13H,4-5,11H2. The minimum Gasteiger partial charge on any atom is -0.399 e. The Bertz CT molecular complexity index is 356. The lowest BCUT2D eigenvalue weighted by molar-refractivity contribution is 0.0690. The van der Waals surface area contributed by atoms with E-state index in [9.17, 15) is 9.90 Å². The summed E-state index contributed by atoms with van der Waals surface area (Å²) in [5, 5.41) is 9.55. The minimum absolute atomic E-state index is 0.209. The van der Waals surface area contributed by atoms with Crippen molar-refractivity contribution in [2.75, 3.05) is 5.73 Å². The third-order valence-corrected chi connectivity index (χ3v) is 2.30. The lowest BCUT2D eigenvalue weighted by Gasteiger charge is -2.06. The molecule has 13 heavy (non-hydrogen) atoms. The highest BCUT2D eigenvalue weighted by atomic mass is 16.3. The third-order valence-electron chi connectivity index (χ3n) is 2.30. The summed E-state index contributed by atoms with van der Waals surface area (Å²) in [6, 6.07) is 6.70. The molecule has 3 N–H and O–H groups in total. The first-order chi connectivity index (χ1) is 6.12. The molecule has 0 unspecified atom stereocenters. The summed E-state index contributed by atoms with van der Waals surface area (Å²) in [6.07, 6.45) is 1.14. The molecular weight excluding hydrogens is 166 g/mol. The minimum atomic E-state index is -1.09. The van der Waals surface area contributed by atoms with Crippen molar-refractivity contribution in [1.29, 1.82) is 0 Å². The Morgan fingerprint density at radius 1 is 1.46 bits per heavy atom. The molecule has 0 saturated heterocycles. The molecule has 0 spiro atoms. The van der Waals surface area contributed by atoms with Crippen molar-refractivity contribution >= 4 is 11.5 Å². The molecule has 3 heteroatoms. The highest BCUT2D eigenvalue weighted by Gasteiger charge is 2.47. The maximum atomic E-state index is 11.6. The van der Waals surface area contributed by atoms with Crippen LogP contribution >= 0.6 is 0 Å². The molecule has 0 atom stereocenters. The molecule has 1 fully saturated rings. The van der Waals surface area contributed by atoms with Crippen molar-refractivity contribution in [2.45, 2.75) is 18.4 Å². The van der Waals surface area contributed by atoms with Gasteiger partial charge in [-0.25, -0.2) is 0 Å². The fraction of sp³-hybridized carbons (Fsp3) is 0.300. The molecule has 0 aromatic heterocycles. The Balaban J connectivity index is 2.30. The average Bonchev–Trinajstić information content (AvgIpc) is 2.84. The Labute approximate surface area is 76.2 Å². The van der Waals surface area contributed by atoms with Crippen LogP contribution in [0.2, 0.25) is 0 Å². The van der Waals surface area contributed by atoms with E-state index in [1.165, 1.54) is 0 Å². The largest absolute Gasteiger partial charge is 0.399 e. The van der Waals surface area contributed by atoms with Gasteiger partial charge in [-0.1, -0.05) is 12.1 Å². The molecule has 1 aliphatic carbocycles. The first-order valence-electron chi connectivity index (χ1n) is 4.24. The summed E-state index contributed by atoms with van der Waals surface area (Å²) in [5.74, 6) is -0.209. The van der Waals surface area contributed by atoms with Gasteiger partial charge in [0.15, 0.2) is 5.78 Å². The third kappa shape index (κ3) is 1.42. The quantitative estimate of drug-likeness (QED) is 0.522. The number of hydrogen-bond acceptors (Lipinski definition) is 3. The Hall–Kier alpha value is -1.35. The average molecular weight is 177 g/mol. The predicted octanol–water partition coefficient (Wildman–Crippen LogP) is 0.976. The van der Waals surface area contributed by atoms with Crippen LogP contribution in [0.5, 0.6) is 0 Å². The predicted molar refractivity (Wildman–Crippen MR) is 49.4 cm³/mol. The van der Waals surface area contributed by atoms with Crippen LogP contribution in [0, 0.1) is 0 Å². The molecule has 0 radical (unpaired) electrons. The molecule has 3 nitrogen and oxygen atoms in total. The van der Waals surface area contributed by atoms with Gasteiger partial charge < -0.3 is 10.8 Å². The van der Waals surface area contributed by atoms with Gasteiger partial charge in [0.1, 0.15) is 5.60 Å². The van der Waals surface area contributed by atoms with Crippen molar-refractivity contribution < 1.29 is 9.90 Å². The summed E-state index contributed by atoms with van der Waals surface area (Å²) in [7, 11) is 0. The summed E-state index contributed by atoms with van der Waals surface area (Å²) in [6.45, 7) is 0. The van der Waals surface area contributed by atoms with Crippen molar-refractivity contribution in [1.82, 2.24) is 0 Å². The van der Waals surface area contributed by atoms with E-state index in [-0.39, 0.29) is 5.78 Å². The fourth-order valence-electron chi connectivity index (χ4n) is 1.29. The lowest BCUT2D eigenvalue weighted by Crippen LogP contribution is -2.21. The number of benzene rings is 1. The van der Waals surface area contributed by atoms with Crippen molar-refractivity contribution in [3.05, 3.63) is 29.8 Å². The zero-order valence-corrected chi connectivity index (χ0v) is 7.16. The number of aliphatic hydroxyl groups is 1. The number of anilines is 1. The number of carbonyl (C=O) groups excluding carboxylic acids is 1. The number of nitrogen functional groups attached to an aromatic ring is 1. The van der Waals surface area contributed by atoms with Gasteiger partial charge in [0.25, 0.3) is 0 Å². The van der Waals surface area contributed by atoms with Crippen LogP contribution in [0.1, 0.15) is 23.2 Å². The van der Waals surface area contributed by atoms with Gasteiger partial charge in [0.05, 0.1) is 0 Å². The zero-order valence-electron chi connectivity index (χ0n) is 7.16. The van der Waals surface area contributed by atoms with Crippen LogP contribution in [-0.4, -0.2) is 16.5 Å². The van der Waals surface area contributed by atoms with Gasteiger partial charge in [-0.2, -0.15) is 0 Å². The molecule has 0 aliphatic heterocycles. The van der Waals surface area contributed by atoms with E-state index < -0.39 is 5.60 Å². The monoisotopic (exact) mass is 177 g/mol. The van der Waals surface area contributed by atoms with E-state index in [0.717, 1.165) is 0 Å². The molecule has 0 bridgehead atoms. The molecule has 1 saturated carbocycles. The number of ketones is 1. The van der Waals surface area contributed by atoms with Crippen LogP contribution in [0.25, 0.3) is 0 Å². The van der Waals surface area contributed by atoms with Gasteiger partial charge in [0, 0.05) is 11.3 Å². The summed E-state index contributed by atoms with van der Waals surface area (Å²) < 4.78 is 0. The van der Waals surface area contributed by atoms with Gasteiger partial charge in [-0.05, 0) is 25.0 Å². The van der Waals surface area contributed by atoms with Gasteiger partial charge in [-0.15, -0.1) is 0 Å². The molecule has 68 valence electrons. The first kappa shape index (κ1) is 8.26. The van der Waals surface area contributed by atoms with E-state index in [2.05, 4.69) is 0 Å². The normalized spacial score (nSPS) is 18.2. The molecule has 1 aromatic rings. The van der Waals surface area contributed by atoms with Crippen LogP contribution in [0.4, 0.5) is 5.69 Å². The summed E-state index contributed by atoms with van der Waals surface area (Å²) in [5.41, 5.74) is 5.49. The Morgan fingerprint density at radius 2 is 2.15 bits per heavy atom. The maximum absolute atomic E-state index is 11.6. The topological polar surface area (TPSA) is 63.3 Å². The van der Waals surface area contributed by atoms with E-state index in [1.807, 2.05) is 0 Å². The fourth-order valence-corrected chi connectivity index (χ4v) is 1.29. The van der Waals surface area contributed by atoms with Crippen LogP contribution in [-0.2, 0) is 0 Å². The number of carbonyl (C=O) groups is 1. The molecule has 1 aromatic carbocycles. The second-order valence-electron chi connectivity index (χ2n) is 3.49. The van der Waals surface area contributed by atoms with Gasteiger partial charge in [0.2, 0.25) is 0 Å². The van der Waals surface area contributed by atoms with Crippen LogP contribution in [0.3, 0.4) is 0 Å². The van der Waals surface area contributed by atoms with E-state index in [1.54, 1.807) is 24.3 Å². The summed E-state index contributed by atoms with van der Waals surface area (Å²) >= 11 is 0. The first-order valence-corrected chi connectivity index (χ1v) is 4.24. The Morgan fingerprint density at radius 3 is 2.69 bits per heavy atom. The van der Waals surface area contributed by atoms with Gasteiger partial charge >= 0.3 is 0 Å². The highest BCUT2D eigenvalue weighted by molar-refractivity contribution is 6.04. The molecule has 0 heterocycles. The lowest BCUT2D eigenvalue weighted by atomic mass is 10.0. The van der Waals surface area contributed by atoms with Crippen LogP contribution < -0.4 is 5.73 Å². The summed E-state index contributed by atoms with van der Waals surface area (Å²) in [4.78, 5) is 11.6. The van der Waals surface area contributed by atoms with E-state index >= 15 is 0 Å². The highest BCUT2D eigenvalue weighted by Crippen LogP contribution is 2.38. The maximum Gasteiger partial charge on any atom is 0.194 e. The smallest absolute Gasteiger partial charge is 0.194 e. The zero-order chi connectivity index (χ0) is 9.47. The molecule has 2 rings (SSSR count). The number of Topliss-reactive ketones (excluding diaryl/α,β-unsaturated/α-hetero) is 1.